The van der Waals surface area contributed by atoms with Gasteiger partial charge in [0.15, 0.2) is 0 Å². The average Bonchev–Trinajstić information content (AvgIpc) is 2.26. The second-order valence-corrected chi connectivity index (χ2v) is 6.17. The number of hydrogen-bond acceptors (Lipinski definition) is 3. The van der Waals surface area contributed by atoms with Crippen LogP contribution in [0.4, 0.5) is 0 Å². The van der Waals surface area contributed by atoms with Crippen molar-refractivity contribution in [2.24, 2.45) is 5.41 Å². The van der Waals surface area contributed by atoms with Crippen molar-refractivity contribution in [2.45, 2.75) is 70.7 Å². The molecule has 1 N–H and O–H groups in total. The molecule has 0 aromatic carbocycles. The zero-order valence-electron chi connectivity index (χ0n) is 10.5. The van der Waals surface area contributed by atoms with Crippen molar-refractivity contribution in [1.29, 1.82) is 0 Å². The summed E-state index contributed by atoms with van der Waals surface area (Å²) in [5, 5.41) is 10.0. The Balaban J connectivity index is 2.22. The summed E-state index contributed by atoms with van der Waals surface area (Å²) >= 11 is 0. The molecule has 2 fully saturated rings. The molecule has 2 aliphatic rings. The highest BCUT2D eigenvalue weighted by Gasteiger charge is 2.47. The Morgan fingerprint density at radius 2 is 2.00 bits per heavy atom. The van der Waals surface area contributed by atoms with Gasteiger partial charge in [-0.25, -0.2) is 0 Å². The van der Waals surface area contributed by atoms with Gasteiger partial charge in [-0.1, -0.05) is 6.92 Å². The van der Waals surface area contributed by atoms with Gasteiger partial charge in [-0.3, -0.25) is 4.79 Å². The van der Waals surface area contributed by atoms with Crippen LogP contribution in [0.2, 0.25) is 0 Å². The summed E-state index contributed by atoms with van der Waals surface area (Å²) in [5.74, 6) is 0.344. The van der Waals surface area contributed by atoms with E-state index in [0.29, 0.717) is 18.6 Å². The molecule has 1 saturated heterocycles. The Kier molecular flexibility index (Phi) is 2.87. The molecule has 1 aliphatic carbocycles. The highest BCUT2D eigenvalue weighted by molar-refractivity contribution is 5.80. The number of ether oxygens (including phenoxy) is 1. The van der Waals surface area contributed by atoms with Crippen molar-refractivity contribution in [3.63, 3.8) is 0 Å². The predicted octanol–water partition coefficient (Wildman–Crippen LogP) is 2.06. The first-order valence-corrected chi connectivity index (χ1v) is 6.21. The molecule has 0 spiro atoms. The third kappa shape index (κ3) is 2.03. The third-order valence-electron chi connectivity index (χ3n) is 4.30. The van der Waals surface area contributed by atoms with Crippen LogP contribution in [0.25, 0.3) is 0 Å². The fraction of sp³-hybridized carbons (Fsp3) is 0.923. The van der Waals surface area contributed by atoms with E-state index in [4.69, 9.17) is 4.74 Å². The zero-order chi connectivity index (χ0) is 12.0. The number of Topliss-reactive ketones (excluding diaryl/α,β-unsaturated/α-hetero) is 1. The summed E-state index contributed by atoms with van der Waals surface area (Å²) in [4.78, 5) is 11.6. The number of rotatable bonds is 0. The van der Waals surface area contributed by atoms with Crippen LogP contribution in [-0.2, 0) is 9.53 Å². The second kappa shape index (κ2) is 3.81. The van der Waals surface area contributed by atoms with Gasteiger partial charge >= 0.3 is 0 Å². The van der Waals surface area contributed by atoms with Crippen molar-refractivity contribution in [2.75, 3.05) is 0 Å². The van der Waals surface area contributed by atoms with E-state index in [2.05, 4.69) is 6.92 Å². The van der Waals surface area contributed by atoms with E-state index in [0.717, 1.165) is 19.3 Å². The fourth-order valence-electron chi connectivity index (χ4n) is 3.00. The molecule has 3 heteroatoms. The molecule has 92 valence electrons. The summed E-state index contributed by atoms with van der Waals surface area (Å²) in [7, 11) is 0. The molecule has 1 aliphatic heterocycles. The highest BCUT2D eigenvalue weighted by atomic mass is 16.5. The second-order valence-electron chi connectivity index (χ2n) is 6.17. The van der Waals surface area contributed by atoms with Crippen molar-refractivity contribution >= 4 is 5.78 Å². The largest absolute Gasteiger partial charge is 0.390 e. The average molecular weight is 226 g/mol. The number of hydrogen-bond donors (Lipinski definition) is 1. The first-order valence-electron chi connectivity index (χ1n) is 6.21. The molecule has 0 aromatic rings. The molecule has 0 aromatic heterocycles. The lowest BCUT2D eigenvalue weighted by atomic mass is 9.70. The molecule has 16 heavy (non-hydrogen) atoms. The Morgan fingerprint density at radius 1 is 1.31 bits per heavy atom. The number of aliphatic hydroxyl groups is 1. The number of aliphatic hydroxyl groups excluding tert-OH is 1. The highest BCUT2D eigenvalue weighted by Crippen LogP contribution is 2.45. The maximum Gasteiger partial charge on any atom is 0.133 e. The SMILES string of the molecule is CC1(C)O[C@@H]2CCC(=O)C[C@@]2(C)CC[C@H]1O. The lowest BCUT2D eigenvalue weighted by Crippen LogP contribution is -2.45. The number of carbonyl (C=O) groups excluding carboxylic acids is 1. The Hall–Kier alpha value is -0.410. The predicted molar refractivity (Wildman–Crippen MR) is 61.2 cm³/mol. The smallest absolute Gasteiger partial charge is 0.133 e. The summed E-state index contributed by atoms with van der Waals surface area (Å²) in [6.07, 6.45) is 3.36. The van der Waals surface area contributed by atoms with Gasteiger partial charge in [0.05, 0.1) is 17.8 Å². The summed E-state index contributed by atoms with van der Waals surface area (Å²) < 4.78 is 6.06. The summed E-state index contributed by atoms with van der Waals surface area (Å²) in [5.41, 5.74) is -0.549. The van der Waals surface area contributed by atoms with Gasteiger partial charge in [-0.15, -0.1) is 0 Å². The Bertz CT molecular complexity index is 298. The van der Waals surface area contributed by atoms with Gasteiger partial charge in [0.2, 0.25) is 0 Å². The lowest BCUT2D eigenvalue weighted by Gasteiger charge is -2.41. The third-order valence-corrected chi connectivity index (χ3v) is 4.30. The van der Waals surface area contributed by atoms with Crippen molar-refractivity contribution < 1.29 is 14.6 Å². The normalized spacial score (nSPS) is 43.6. The van der Waals surface area contributed by atoms with Crippen LogP contribution in [0, 0.1) is 5.41 Å². The summed E-state index contributed by atoms with van der Waals surface area (Å²) in [6, 6.07) is 0. The van der Waals surface area contributed by atoms with E-state index in [-0.39, 0.29) is 11.5 Å². The zero-order valence-corrected chi connectivity index (χ0v) is 10.5. The molecule has 0 amide bonds. The standard InChI is InChI=1S/C13H22O3/c1-12(2)10(15)6-7-13(3)8-9(14)4-5-11(13)16-12/h10-11,15H,4-8H2,1-3H3/t10-,11-,13-/m1/s1. The molecule has 0 unspecified atom stereocenters. The van der Waals surface area contributed by atoms with Gasteiger partial charge < -0.3 is 9.84 Å². The number of ketones is 1. The van der Waals surface area contributed by atoms with Crippen LogP contribution in [0.3, 0.4) is 0 Å². The van der Waals surface area contributed by atoms with Gasteiger partial charge in [0.1, 0.15) is 5.78 Å². The van der Waals surface area contributed by atoms with E-state index in [1.165, 1.54) is 0 Å². The topological polar surface area (TPSA) is 46.5 Å². The van der Waals surface area contributed by atoms with Gasteiger partial charge in [0, 0.05) is 18.3 Å². The quantitative estimate of drug-likeness (QED) is 0.687. The van der Waals surface area contributed by atoms with E-state index in [1.54, 1.807) is 0 Å². The molecule has 2 rings (SSSR count). The summed E-state index contributed by atoms with van der Waals surface area (Å²) in [6.45, 7) is 6.02. The maximum atomic E-state index is 11.6. The molecule has 3 atom stereocenters. The van der Waals surface area contributed by atoms with E-state index in [9.17, 15) is 9.90 Å². The van der Waals surface area contributed by atoms with Crippen LogP contribution in [0.5, 0.6) is 0 Å². The van der Waals surface area contributed by atoms with Crippen LogP contribution < -0.4 is 0 Å². The molecule has 1 saturated carbocycles. The lowest BCUT2D eigenvalue weighted by molar-refractivity contribution is -0.163. The molecule has 1 heterocycles. The molecular formula is C13H22O3. The van der Waals surface area contributed by atoms with Crippen LogP contribution >= 0.6 is 0 Å². The van der Waals surface area contributed by atoms with Gasteiger partial charge in [-0.2, -0.15) is 0 Å². The monoisotopic (exact) mass is 226 g/mol. The molecule has 3 nitrogen and oxygen atoms in total. The number of fused-ring (bicyclic) bond motifs is 1. The Morgan fingerprint density at radius 3 is 2.69 bits per heavy atom. The van der Waals surface area contributed by atoms with E-state index >= 15 is 0 Å². The minimum atomic E-state index is -0.483. The Labute approximate surface area is 97.2 Å². The molecule has 0 radical (unpaired) electrons. The minimum absolute atomic E-state index is 0.0654. The van der Waals surface area contributed by atoms with Crippen LogP contribution in [0.15, 0.2) is 0 Å². The minimum Gasteiger partial charge on any atom is -0.390 e. The fourth-order valence-corrected chi connectivity index (χ4v) is 3.00. The van der Waals surface area contributed by atoms with Crippen molar-refractivity contribution in [1.82, 2.24) is 0 Å². The van der Waals surface area contributed by atoms with Crippen LogP contribution in [-0.4, -0.2) is 28.7 Å². The number of carbonyl (C=O) groups is 1. The first kappa shape index (κ1) is 12.1. The van der Waals surface area contributed by atoms with Gasteiger partial charge in [-0.05, 0) is 33.1 Å². The van der Waals surface area contributed by atoms with E-state index in [1.807, 2.05) is 13.8 Å². The van der Waals surface area contributed by atoms with Crippen molar-refractivity contribution in [3.05, 3.63) is 0 Å². The van der Waals surface area contributed by atoms with E-state index < -0.39 is 11.7 Å². The first-order chi connectivity index (χ1) is 7.33. The van der Waals surface area contributed by atoms with Gasteiger partial charge in [0.25, 0.3) is 0 Å². The molecule has 0 bridgehead atoms. The maximum absolute atomic E-state index is 11.6. The van der Waals surface area contributed by atoms with Crippen molar-refractivity contribution in [3.8, 4) is 0 Å². The molecular weight excluding hydrogens is 204 g/mol. The van der Waals surface area contributed by atoms with Crippen LogP contribution in [0.1, 0.15) is 52.9 Å².